The van der Waals surface area contributed by atoms with Gasteiger partial charge in [0.25, 0.3) is 5.91 Å². The molecule has 3 atom stereocenters. The molecule has 31 heavy (non-hydrogen) atoms. The van der Waals surface area contributed by atoms with Crippen LogP contribution in [-0.4, -0.2) is 17.9 Å². The molecule has 5 rings (SSSR count). The Hall–Kier alpha value is -3.15. The number of rotatable bonds is 3. The zero-order valence-electron chi connectivity index (χ0n) is 17.2. The molecule has 0 unspecified atom stereocenters. The zero-order chi connectivity index (χ0) is 21.7. The normalized spacial score (nSPS) is 22.9. The number of hydrogen-bond acceptors (Lipinski definition) is 4. The average molecular weight is 433 g/mol. The zero-order valence-corrected chi connectivity index (χ0v) is 17.9. The van der Waals surface area contributed by atoms with Crippen molar-refractivity contribution >= 4 is 34.8 Å². The predicted molar refractivity (Wildman–Crippen MR) is 120 cm³/mol. The van der Waals surface area contributed by atoms with E-state index < -0.39 is 18.1 Å². The number of amides is 2. The van der Waals surface area contributed by atoms with Gasteiger partial charge in [0.2, 0.25) is 5.91 Å². The number of para-hydroxylation sites is 1. The number of hydroxylamine groups is 1. The van der Waals surface area contributed by atoms with Gasteiger partial charge >= 0.3 is 0 Å². The van der Waals surface area contributed by atoms with Crippen LogP contribution in [-0.2, 0) is 14.4 Å². The lowest BCUT2D eigenvalue weighted by Crippen LogP contribution is -2.37. The standard InChI is InChI=1S/C25H21ClN2O3/c1-15-11-13-17(14-12-15)22-21-23(31-28(22)18-7-4-3-5-8-18)25(30)27(24(21)29)20-10-6-9-19(26)16(20)2/h3-14,21-23H,1-2H3/t21-,22+,23-/m1/s1. The summed E-state index contributed by atoms with van der Waals surface area (Å²) in [5.41, 5.74) is 4.05. The number of aryl methyl sites for hydroxylation is 1. The first-order chi connectivity index (χ1) is 15.0. The Bertz CT molecular complexity index is 1160. The summed E-state index contributed by atoms with van der Waals surface area (Å²) in [5.74, 6) is -1.30. The van der Waals surface area contributed by atoms with Crippen molar-refractivity contribution < 1.29 is 14.4 Å². The number of carbonyl (C=O) groups excluding carboxylic acids is 2. The summed E-state index contributed by atoms with van der Waals surface area (Å²) in [6.45, 7) is 3.82. The van der Waals surface area contributed by atoms with E-state index in [0.29, 0.717) is 16.3 Å². The molecule has 0 aromatic heterocycles. The summed E-state index contributed by atoms with van der Waals surface area (Å²) < 4.78 is 0. The van der Waals surface area contributed by atoms with Gasteiger partial charge in [0.1, 0.15) is 5.92 Å². The predicted octanol–water partition coefficient (Wildman–Crippen LogP) is 5.01. The minimum atomic E-state index is -0.891. The van der Waals surface area contributed by atoms with Gasteiger partial charge in [-0.25, -0.2) is 9.96 Å². The van der Waals surface area contributed by atoms with Crippen LogP contribution in [0, 0.1) is 19.8 Å². The van der Waals surface area contributed by atoms with Crippen LogP contribution in [0.1, 0.15) is 22.7 Å². The molecule has 0 bridgehead atoms. The smallest absolute Gasteiger partial charge is 0.266 e. The van der Waals surface area contributed by atoms with Crippen LogP contribution in [0.5, 0.6) is 0 Å². The first-order valence-corrected chi connectivity index (χ1v) is 10.6. The molecule has 0 aliphatic carbocycles. The van der Waals surface area contributed by atoms with Crippen molar-refractivity contribution in [3.8, 4) is 0 Å². The number of carbonyl (C=O) groups is 2. The van der Waals surface area contributed by atoms with Crippen LogP contribution in [0.15, 0.2) is 72.8 Å². The number of imide groups is 1. The van der Waals surface area contributed by atoms with Crippen LogP contribution >= 0.6 is 11.6 Å². The minimum absolute atomic E-state index is 0.274. The lowest BCUT2D eigenvalue weighted by molar-refractivity contribution is -0.126. The third kappa shape index (κ3) is 3.12. The minimum Gasteiger partial charge on any atom is -0.273 e. The van der Waals surface area contributed by atoms with Crippen LogP contribution in [0.4, 0.5) is 11.4 Å². The molecule has 0 saturated carbocycles. The van der Waals surface area contributed by atoms with Gasteiger partial charge in [-0.1, -0.05) is 65.7 Å². The molecule has 3 aromatic rings. The molecular formula is C25H21ClN2O3. The maximum atomic E-state index is 13.6. The fraction of sp³-hybridized carbons (Fsp3) is 0.200. The van der Waals surface area contributed by atoms with E-state index in [0.717, 1.165) is 16.8 Å². The molecule has 5 nitrogen and oxygen atoms in total. The SMILES string of the molecule is Cc1ccc([C@H]2[C@H]3C(=O)N(c4cccc(Cl)c4C)C(=O)[C@@H]3ON2c2ccccc2)cc1. The highest BCUT2D eigenvalue weighted by atomic mass is 35.5. The van der Waals surface area contributed by atoms with Gasteiger partial charge in [-0.15, -0.1) is 0 Å². The van der Waals surface area contributed by atoms with Crippen molar-refractivity contribution in [2.45, 2.75) is 26.0 Å². The highest BCUT2D eigenvalue weighted by molar-refractivity contribution is 6.32. The molecule has 2 fully saturated rings. The first-order valence-electron chi connectivity index (χ1n) is 10.2. The second-order valence-electron chi connectivity index (χ2n) is 7.96. The van der Waals surface area contributed by atoms with Crippen molar-refractivity contribution in [3.63, 3.8) is 0 Å². The van der Waals surface area contributed by atoms with Gasteiger partial charge in [-0.3, -0.25) is 14.4 Å². The fourth-order valence-corrected chi connectivity index (χ4v) is 4.56. The number of fused-ring (bicyclic) bond motifs is 1. The average Bonchev–Trinajstić information content (AvgIpc) is 3.28. The van der Waals surface area contributed by atoms with Gasteiger partial charge in [-0.2, -0.15) is 0 Å². The maximum absolute atomic E-state index is 13.6. The molecule has 2 aliphatic heterocycles. The molecule has 0 spiro atoms. The van der Waals surface area contributed by atoms with E-state index in [1.165, 1.54) is 4.90 Å². The summed E-state index contributed by atoms with van der Waals surface area (Å²) in [6.07, 6.45) is -0.891. The van der Waals surface area contributed by atoms with Gasteiger partial charge < -0.3 is 0 Å². The molecule has 3 aromatic carbocycles. The fourth-order valence-electron chi connectivity index (χ4n) is 4.39. The molecule has 0 radical (unpaired) electrons. The molecular weight excluding hydrogens is 412 g/mol. The van der Waals surface area contributed by atoms with Gasteiger partial charge in [0.15, 0.2) is 6.10 Å². The van der Waals surface area contributed by atoms with Crippen molar-refractivity contribution in [2.24, 2.45) is 5.92 Å². The quantitative estimate of drug-likeness (QED) is 0.546. The molecule has 2 heterocycles. The van der Waals surface area contributed by atoms with Crippen molar-refractivity contribution in [1.82, 2.24) is 0 Å². The second kappa shape index (κ2) is 7.52. The molecule has 156 valence electrons. The lowest BCUT2D eigenvalue weighted by atomic mass is 9.90. The van der Waals surface area contributed by atoms with E-state index in [4.69, 9.17) is 16.4 Å². The van der Waals surface area contributed by atoms with Crippen LogP contribution in [0.3, 0.4) is 0 Å². The Morgan fingerprint density at radius 1 is 0.839 bits per heavy atom. The molecule has 2 saturated heterocycles. The van der Waals surface area contributed by atoms with E-state index in [1.807, 2.05) is 61.5 Å². The first kappa shape index (κ1) is 19.8. The van der Waals surface area contributed by atoms with Crippen LogP contribution in [0.25, 0.3) is 0 Å². The largest absolute Gasteiger partial charge is 0.273 e. The third-order valence-corrected chi connectivity index (χ3v) is 6.43. The maximum Gasteiger partial charge on any atom is 0.266 e. The van der Waals surface area contributed by atoms with Gasteiger partial charge in [0.05, 0.1) is 17.4 Å². The van der Waals surface area contributed by atoms with Crippen LogP contribution in [0.2, 0.25) is 5.02 Å². The van der Waals surface area contributed by atoms with E-state index in [-0.39, 0.29) is 11.8 Å². The lowest BCUT2D eigenvalue weighted by Gasteiger charge is -2.29. The van der Waals surface area contributed by atoms with Gasteiger partial charge in [-0.05, 0) is 49.2 Å². The summed E-state index contributed by atoms with van der Waals surface area (Å²) in [4.78, 5) is 34.4. The van der Waals surface area contributed by atoms with Crippen molar-refractivity contribution in [3.05, 3.63) is 94.5 Å². The Balaban J connectivity index is 1.60. The van der Waals surface area contributed by atoms with E-state index in [2.05, 4.69) is 0 Å². The molecule has 2 amide bonds. The summed E-state index contributed by atoms with van der Waals surface area (Å²) in [5, 5.41) is 2.22. The topological polar surface area (TPSA) is 49.9 Å². The van der Waals surface area contributed by atoms with Gasteiger partial charge in [0, 0.05) is 5.02 Å². The summed E-state index contributed by atoms with van der Waals surface area (Å²) in [7, 11) is 0. The summed E-state index contributed by atoms with van der Waals surface area (Å²) >= 11 is 6.26. The highest BCUT2D eigenvalue weighted by Crippen LogP contribution is 2.48. The molecule has 0 N–H and O–H groups in total. The van der Waals surface area contributed by atoms with E-state index in [9.17, 15) is 9.59 Å². The summed E-state index contributed by atoms with van der Waals surface area (Å²) in [6, 6.07) is 22.4. The Kier molecular flexibility index (Phi) is 4.80. The highest BCUT2D eigenvalue weighted by Gasteiger charge is 2.60. The van der Waals surface area contributed by atoms with Crippen LogP contribution < -0.4 is 9.96 Å². The number of hydrogen-bond donors (Lipinski definition) is 0. The van der Waals surface area contributed by atoms with E-state index in [1.54, 1.807) is 30.2 Å². The Morgan fingerprint density at radius 3 is 2.26 bits per heavy atom. The monoisotopic (exact) mass is 432 g/mol. The Labute approximate surface area is 185 Å². The second-order valence-corrected chi connectivity index (χ2v) is 8.37. The van der Waals surface area contributed by atoms with Crippen molar-refractivity contribution in [2.75, 3.05) is 9.96 Å². The Morgan fingerprint density at radius 2 is 1.55 bits per heavy atom. The number of nitrogens with zero attached hydrogens (tertiary/aromatic N) is 2. The molecule has 2 aliphatic rings. The molecule has 6 heteroatoms. The number of anilines is 2. The third-order valence-electron chi connectivity index (χ3n) is 6.02. The number of halogens is 1. The van der Waals surface area contributed by atoms with E-state index >= 15 is 0 Å². The number of benzene rings is 3. The van der Waals surface area contributed by atoms with Crippen molar-refractivity contribution in [1.29, 1.82) is 0 Å².